The lowest BCUT2D eigenvalue weighted by atomic mass is 10.2. The van der Waals surface area contributed by atoms with Crippen LogP contribution in [0.5, 0.6) is 0 Å². The monoisotopic (exact) mass is 432 g/mol. The standard InChI is InChI=1S/C17H18Cl2N2O3S2/c1-21(2)26(23,24)14-7-8-16(19)15(11-14)17(22)20-9-10-25-13-5-3-12(18)4-6-13/h3-8,11H,9-10H2,1-2H3,(H,20,22). The summed E-state index contributed by atoms with van der Waals surface area (Å²) in [6.07, 6.45) is 0. The van der Waals surface area contributed by atoms with Crippen molar-refractivity contribution in [1.82, 2.24) is 9.62 Å². The van der Waals surface area contributed by atoms with Gasteiger partial charge in [0.05, 0.1) is 15.5 Å². The first kappa shape index (κ1) is 21.1. The third kappa shape index (κ3) is 5.37. The molecule has 0 aliphatic heterocycles. The zero-order chi connectivity index (χ0) is 19.3. The predicted molar refractivity (Wildman–Crippen MR) is 107 cm³/mol. The van der Waals surface area contributed by atoms with E-state index in [1.54, 1.807) is 23.9 Å². The fraction of sp³-hybridized carbons (Fsp3) is 0.235. The SMILES string of the molecule is CN(C)S(=O)(=O)c1ccc(Cl)c(C(=O)NCCSc2ccc(Cl)cc2)c1. The molecule has 0 aliphatic carbocycles. The summed E-state index contributed by atoms with van der Waals surface area (Å²) < 4.78 is 25.5. The summed E-state index contributed by atoms with van der Waals surface area (Å²) in [5.41, 5.74) is 0.131. The zero-order valence-electron chi connectivity index (χ0n) is 14.2. The van der Waals surface area contributed by atoms with Gasteiger partial charge in [-0.05, 0) is 42.5 Å². The van der Waals surface area contributed by atoms with Gasteiger partial charge in [0, 0.05) is 36.3 Å². The van der Waals surface area contributed by atoms with Gasteiger partial charge in [0.2, 0.25) is 10.0 Å². The summed E-state index contributed by atoms with van der Waals surface area (Å²) in [6.45, 7) is 0.410. The fourth-order valence-electron chi connectivity index (χ4n) is 2.01. The van der Waals surface area contributed by atoms with Crippen molar-refractivity contribution in [1.29, 1.82) is 0 Å². The van der Waals surface area contributed by atoms with Crippen LogP contribution < -0.4 is 5.32 Å². The average Bonchev–Trinajstić information content (AvgIpc) is 2.60. The highest BCUT2D eigenvalue weighted by Crippen LogP contribution is 2.23. The van der Waals surface area contributed by atoms with E-state index in [1.807, 2.05) is 12.1 Å². The molecule has 0 unspecified atom stereocenters. The Hall–Kier alpha value is -1.25. The quantitative estimate of drug-likeness (QED) is 0.533. The highest BCUT2D eigenvalue weighted by Gasteiger charge is 2.20. The van der Waals surface area contributed by atoms with Gasteiger partial charge in [-0.3, -0.25) is 4.79 Å². The minimum Gasteiger partial charge on any atom is -0.351 e. The predicted octanol–water partition coefficient (Wildman–Crippen LogP) is 3.77. The maximum absolute atomic E-state index is 12.3. The molecule has 1 N–H and O–H groups in total. The normalized spacial score (nSPS) is 11.6. The molecule has 140 valence electrons. The van der Waals surface area contributed by atoms with Crippen molar-refractivity contribution in [2.24, 2.45) is 0 Å². The van der Waals surface area contributed by atoms with Crippen LogP contribution in [-0.2, 0) is 10.0 Å². The highest BCUT2D eigenvalue weighted by atomic mass is 35.5. The van der Waals surface area contributed by atoms with Crippen molar-refractivity contribution in [2.75, 3.05) is 26.4 Å². The summed E-state index contributed by atoms with van der Waals surface area (Å²) in [4.78, 5) is 13.4. The first-order valence-corrected chi connectivity index (χ1v) is 10.8. The molecule has 1 amide bonds. The smallest absolute Gasteiger partial charge is 0.252 e. The Bertz CT molecular complexity index is 885. The summed E-state index contributed by atoms with van der Waals surface area (Å²) in [5.74, 6) is 0.239. The van der Waals surface area contributed by atoms with E-state index in [0.717, 1.165) is 9.20 Å². The average molecular weight is 433 g/mol. The van der Waals surface area contributed by atoms with Crippen LogP contribution in [0.3, 0.4) is 0 Å². The molecular weight excluding hydrogens is 415 g/mol. The molecule has 0 spiro atoms. The molecule has 0 atom stereocenters. The molecular formula is C17H18Cl2N2O3S2. The molecule has 0 radical (unpaired) electrons. The number of carbonyl (C=O) groups excluding carboxylic acids is 1. The summed E-state index contributed by atoms with van der Waals surface area (Å²) in [6, 6.07) is 11.5. The number of sulfonamides is 1. The number of thioether (sulfide) groups is 1. The Balaban J connectivity index is 1.99. The molecule has 0 bridgehead atoms. The molecule has 2 aromatic rings. The van der Waals surface area contributed by atoms with Crippen LogP contribution in [0.1, 0.15) is 10.4 Å². The minimum absolute atomic E-state index is 0.0209. The van der Waals surface area contributed by atoms with Gasteiger partial charge in [-0.2, -0.15) is 0 Å². The van der Waals surface area contributed by atoms with Crippen molar-refractivity contribution in [3.05, 3.63) is 58.1 Å². The largest absolute Gasteiger partial charge is 0.351 e. The van der Waals surface area contributed by atoms with Crippen molar-refractivity contribution in [3.8, 4) is 0 Å². The van der Waals surface area contributed by atoms with Crippen LogP contribution in [0.15, 0.2) is 52.3 Å². The van der Waals surface area contributed by atoms with E-state index in [4.69, 9.17) is 23.2 Å². The van der Waals surface area contributed by atoms with Gasteiger partial charge >= 0.3 is 0 Å². The molecule has 0 heterocycles. The zero-order valence-corrected chi connectivity index (χ0v) is 17.3. The first-order chi connectivity index (χ1) is 12.2. The van der Waals surface area contributed by atoms with Crippen LogP contribution in [0, 0.1) is 0 Å². The Kier molecular flexibility index (Phi) is 7.37. The number of nitrogens with one attached hydrogen (secondary N) is 1. The molecule has 0 saturated heterocycles. The second kappa shape index (κ2) is 9.10. The van der Waals surface area contributed by atoms with Crippen LogP contribution in [-0.4, -0.2) is 45.0 Å². The Morgan fingerprint density at radius 1 is 1.12 bits per heavy atom. The maximum atomic E-state index is 12.3. The van der Waals surface area contributed by atoms with Gasteiger partial charge in [0.15, 0.2) is 0 Å². The van der Waals surface area contributed by atoms with Crippen molar-refractivity contribution in [2.45, 2.75) is 9.79 Å². The lowest BCUT2D eigenvalue weighted by Crippen LogP contribution is -2.27. The van der Waals surface area contributed by atoms with E-state index in [2.05, 4.69) is 5.32 Å². The second-order valence-corrected chi connectivity index (χ2v) is 9.65. The van der Waals surface area contributed by atoms with E-state index in [1.165, 1.54) is 32.3 Å². The van der Waals surface area contributed by atoms with Gasteiger partial charge in [0.1, 0.15) is 0 Å². The van der Waals surface area contributed by atoms with E-state index >= 15 is 0 Å². The summed E-state index contributed by atoms with van der Waals surface area (Å²) in [7, 11) is -0.778. The molecule has 0 aliphatic rings. The van der Waals surface area contributed by atoms with Gasteiger partial charge in [-0.25, -0.2) is 12.7 Å². The lowest BCUT2D eigenvalue weighted by molar-refractivity contribution is 0.0956. The Morgan fingerprint density at radius 3 is 2.38 bits per heavy atom. The molecule has 9 heteroatoms. The number of nitrogens with zero attached hydrogens (tertiary/aromatic N) is 1. The summed E-state index contributed by atoms with van der Waals surface area (Å²) in [5, 5.41) is 3.62. The topological polar surface area (TPSA) is 66.5 Å². The van der Waals surface area contributed by atoms with E-state index in [0.29, 0.717) is 17.3 Å². The molecule has 0 fully saturated rings. The molecule has 2 rings (SSSR count). The number of hydrogen-bond acceptors (Lipinski definition) is 4. The van der Waals surface area contributed by atoms with Crippen LogP contribution in [0.2, 0.25) is 10.0 Å². The van der Waals surface area contributed by atoms with Gasteiger partial charge in [0.25, 0.3) is 5.91 Å². The molecule has 2 aromatic carbocycles. The number of carbonyl (C=O) groups is 1. The van der Waals surface area contributed by atoms with Crippen molar-refractivity contribution < 1.29 is 13.2 Å². The van der Waals surface area contributed by atoms with Crippen LogP contribution >= 0.6 is 35.0 Å². The number of hydrogen-bond donors (Lipinski definition) is 1. The van der Waals surface area contributed by atoms with Crippen LogP contribution in [0.4, 0.5) is 0 Å². The number of halogens is 2. The number of amides is 1. The molecule has 26 heavy (non-hydrogen) atoms. The first-order valence-electron chi connectivity index (χ1n) is 7.60. The lowest BCUT2D eigenvalue weighted by Gasteiger charge is -2.13. The summed E-state index contributed by atoms with van der Waals surface area (Å²) >= 11 is 13.5. The van der Waals surface area contributed by atoms with Gasteiger partial charge in [-0.15, -0.1) is 11.8 Å². The Labute approximate surface area is 167 Å². The molecule has 5 nitrogen and oxygen atoms in total. The number of rotatable bonds is 7. The Morgan fingerprint density at radius 2 is 1.77 bits per heavy atom. The van der Waals surface area contributed by atoms with E-state index in [-0.39, 0.29) is 15.5 Å². The number of benzene rings is 2. The van der Waals surface area contributed by atoms with Crippen molar-refractivity contribution in [3.63, 3.8) is 0 Å². The minimum atomic E-state index is -3.63. The third-order valence-corrected chi connectivity index (χ3v) is 6.84. The maximum Gasteiger partial charge on any atom is 0.252 e. The van der Waals surface area contributed by atoms with Crippen LogP contribution in [0.25, 0.3) is 0 Å². The second-order valence-electron chi connectivity index (χ2n) is 5.49. The van der Waals surface area contributed by atoms with Crippen molar-refractivity contribution >= 4 is 50.9 Å². The highest BCUT2D eigenvalue weighted by molar-refractivity contribution is 7.99. The van der Waals surface area contributed by atoms with E-state index in [9.17, 15) is 13.2 Å². The molecule has 0 saturated carbocycles. The van der Waals surface area contributed by atoms with Gasteiger partial charge < -0.3 is 5.32 Å². The van der Waals surface area contributed by atoms with E-state index < -0.39 is 15.9 Å². The fourth-order valence-corrected chi connectivity index (χ4v) is 4.04. The van der Waals surface area contributed by atoms with Gasteiger partial charge in [-0.1, -0.05) is 23.2 Å². The molecule has 0 aromatic heterocycles. The third-order valence-electron chi connectivity index (χ3n) is 3.43.